The lowest BCUT2D eigenvalue weighted by atomic mass is 9.96. The number of aliphatic hydroxyl groups is 1. The Hall–Kier alpha value is -2.14. The summed E-state index contributed by atoms with van der Waals surface area (Å²) in [5.74, 6) is -1.24. The van der Waals surface area contributed by atoms with E-state index in [1.807, 2.05) is 30.3 Å². The predicted octanol–water partition coefficient (Wildman–Crippen LogP) is 2.07. The molecular weight excluding hydrogens is 294 g/mol. The number of rotatable bonds is 4. The Morgan fingerprint density at radius 2 is 2.00 bits per heavy atom. The SMILES string of the molecule is O=C1O[C@@H](CCc2ccccc2)C(=O)C1=C(O)C1CCCCN1. The van der Waals surface area contributed by atoms with Gasteiger partial charge in [0, 0.05) is 0 Å². The highest BCUT2D eigenvalue weighted by Gasteiger charge is 2.42. The van der Waals surface area contributed by atoms with E-state index in [0.717, 1.165) is 31.4 Å². The summed E-state index contributed by atoms with van der Waals surface area (Å²) in [6.45, 7) is 0.780. The molecule has 3 rings (SSSR count). The molecule has 0 radical (unpaired) electrons. The third-order valence-corrected chi connectivity index (χ3v) is 4.43. The van der Waals surface area contributed by atoms with Gasteiger partial charge in [-0.15, -0.1) is 0 Å². The van der Waals surface area contributed by atoms with E-state index in [-0.39, 0.29) is 17.4 Å². The number of benzene rings is 1. The summed E-state index contributed by atoms with van der Waals surface area (Å²) in [6.07, 6.45) is 3.03. The molecule has 0 bridgehead atoms. The van der Waals surface area contributed by atoms with Crippen LogP contribution in [0.4, 0.5) is 0 Å². The van der Waals surface area contributed by atoms with Crippen LogP contribution in [0, 0.1) is 0 Å². The van der Waals surface area contributed by atoms with Crippen molar-refractivity contribution >= 4 is 11.8 Å². The second-order valence-electron chi connectivity index (χ2n) is 6.05. The molecule has 2 saturated heterocycles. The lowest BCUT2D eigenvalue weighted by Crippen LogP contribution is -2.37. The summed E-state index contributed by atoms with van der Waals surface area (Å²) >= 11 is 0. The van der Waals surface area contributed by atoms with Crippen molar-refractivity contribution < 1.29 is 19.4 Å². The molecule has 0 aromatic heterocycles. The van der Waals surface area contributed by atoms with Gasteiger partial charge in [0.2, 0.25) is 5.78 Å². The molecule has 1 aromatic carbocycles. The van der Waals surface area contributed by atoms with Crippen molar-refractivity contribution in [2.75, 3.05) is 6.54 Å². The van der Waals surface area contributed by atoms with Gasteiger partial charge in [0.25, 0.3) is 0 Å². The Labute approximate surface area is 135 Å². The minimum atomic E-state index is -0.788. The van der Waals surface area contributed by atoms with Gasteiger partial charge in [0.15, 0.2) is 6.10 Å². The molecule has 5 nitrogen and oxygen atoms in total. The fraction of sp³-hybridized carbons (Fsp3) is 0.444. The predicted molar refractivity (Wildman–Crippen MR) is 84.9 cm³/mol. The molecule has 1 aromatic rings. The maximum absolute atomic E-state index is 12.4. The molecule has 5 heteroatoms. The molecule has 2 atom stereocenters. The van der Waals surface area contributed by atoms with Gasteiger partial charge in [-0.1, -0.05) is 36.8 Å². The minimum Gasteiger partial charge on any atom is -0.510 e. The van der Waals surface area contributed by atoms with Gasteiger partial charge in [-0.05, 0) is 37.8 Å². The van der Waals surface area contributed by atoms with Crippen molar-refractivity contribution in [2.45, 2.75) is 44.2 Å². The van der Waals surface area contributed by atoms with Crippen LogP contribution < -0.4 is 5.32 Å². The van der Waals surface area contributed by atoms with Crippen LogP contribution in [0.15, 0.2) is 41.7 Å². The molecule has 2 N–H and O–H groups in total. The smallest absolute Gasteiger partial charge is 0.346 e. The summed E-state index contributed by atoms with van der Waals surface area (Å²) in [5.41, 5.74) is 0.925. The van der Waals surface area contributed by atoms with Crippen molar-refractivity contribution in [3.8, 4) is 0 Å². The number of hydrogen-bond acceptors (Lipinski definition) is 5. The first kappa shape index (κ1) is 15.7. The highest BCUT2D eigenvalue weighted by molar-refractivity contribution is 6.23. The van der Waals surface area contributed by atoms with Crippen LogP contribution in [0.2, 0.25) is 0 Å². The summed E-state index contributed by atoms with van der Waals surface area (Å²) in [5, 5.41) is 13.5. The minimum absolute atomic E-state index is 0.151. The normalized spacial score (nSPS) is 27.0. The average molecular weight is 315 g/mol. The number of hydrogen-bond donors (Lipinski definition) is 2. The molecule has 2 aliphatic rings. The largest absolute Gasteiger partial charge is 0.510 e. The standard InChI is InChI=1S/C18H21NO4/c20-16(13-8-4-5-11-19-13)15-17(21)14(23-18(15)22)10-9-12-6-2-1-3-7-12/h1-3,6-7,13-14,19-20H,4-5,8-11H2/t13?,14-/m0/s1. The third kappa shape index (κ3) is 3.45. The second kappa shape index (κ2) is 6.96. The van der Waals surface area contributed by atoms with Crippen molar-refractivity contribution in [1.82, 2.24) is 5.32 Å². The monoisotopic (exact) mass is 315 g/mol. The summed E-state index contributed by atoms with van der Waals surface area (Å²) in [4.78, 5) is 24.4. The Kier molecular flexibility index (Phi) is 4.76. The fourth-order valence-electron chi connectivity index (χ4n) is 3.13. The molecule has 1 unspecified atom stereocenters. The van der Waals surface area contributed by atoms with E-state index in [1.54, 1.807) is 0 Å². The van der Waals surface area contributed by atoms with Crippen molar-refractivity contribution in [1.29, 1.82) is 0 Å². The number of esters is 1. The number of Topliss-reactive ketones (excluding diaryl/α,β-unsaturated/α-hetero) is 1. The molecule has 2 heterocycles. The molecule has 0 aliphatic carbocycles. The zero-order valence-corrected chi connectivity index (χ0v) is 13.0. The van der Waals surface area contributed by atoms with Gasteiger partial charge in [0.1, 0.15) is 11.3 Å². The molecule has 2 aliphatic heterocycles. The van der Waals surface area contributed by atoms with Gasteiger partial charge in [-0.2, -0.15) is 0 Å². The molecular formula is C18H21NO4. The zero-order valence-electron chi connectivity index (χ0n) is 13.0. The number of nitrogens with one attached hydrogen (secondary N) is 1. The van der Waals surface area contributed by atoms with Crippen molar-refractivity contribution in [3.05, 3.63) is 47.2 Å². The Bertz CT molecular complexity index is 617. The van der Waals surface area contributed by atoms with Crippen LogP contribution in [0.1, 0.15) is 31.2 Å². The first-order chi connectivity index (χ1) is 11.2. The van der Waals surface area contributed by atoms with Gasteiger partial charge in [0.05, 0.1) is 6.04 Å². The van der Waals surface area contributed by atoms with Gasteiger partial charge in [-0.3, -0.25) is 4.79 Å². The zero-order chi connectivity index (χ0) is 16.2. The first-order valence-electron chi connectivity index (χ1n) is 8.12. The van der Waals surface area contributed by atoms with E-state index in [4.69, 9.17) is 4.74 Å². The van der Waals surface area contributed by atoms with E-state index < -0.39 is 17.9 Å². The lowest BCUT2D eigenvalue weighted by Gasteiger charge is -2.23. The number of aliphatic hydroxyl groups excluding tert-OH is 1. The molecule has 23 heavy (non-hydrogen) atoms. The van der Waals surface area contributed by atoms with Crippen LogP contribution in [0.25, 0.3) is 0 Å². The average Bonchev–Trinajstić information content (AvgIpc) is 2.88. The fourth-order valence-corrected chi connectivity index (χ4v) is 3.13. The van der Waals surface area contributed by atoms with Crippen molar-refractivity contribution in [3.63, 3.8) is 0 Å². The topological polar surface area (TPSA) is 75.6 Å². The summed E-state index contributed by atoms with van der Waals surface area (Å²) in [6, 6.07) is 9.43. The number of piperidine rings is 1. The summed E-state index contributed by atoms with van der Waals surface area (Å²) in [7, 11) is 0. The van der Waals surface area contributed by atoms with Crippen molar-refractivity contribution in [2.24, 2.45) is 0 Å². The van der Waals surface area contributed by atoms with Crippen LogP contribution in [0.3, 0.4) is 0 Å². The highest BCUT2D eigenvalue weighted by atomic mass is 16.6. The van der Waals surface area contributed by atoms with Gasteiger partial charge in [-0.25, -0.2) is 4.79 Å². The third-order valence-electron chi connectivity index (χ3n) is 4.43. The number of carbonyl (C=O) groups excluding carboxylic acids is 2. The van der Waals surface area contributed by atoms with E-state index in [2.05, 4.69) is 5.32 Å². The number of carbonyl (C=O) groups is 2. The number of ether oxygens (including phenoxy) is 1. The molecule has 122 valence electrons. The Morgan fingerprint density at radius 3 is 2.70 bits per heavy atom. The first-order valence-corrected chi connectivity index (χ1v) is 8.12. The number of ketones is 1. The van der Waals surface area contributed by atoms with Crippen LogP contribution in [-0.2, 0) is 20.7 Å². The lowest BCUT2D eigenvalue weighted by molar-refractivity contribution is -0.141. The Morgan fingerprint density at radius 1 is 1.22 bits per heavy atom. The summed E-state index contributed by atoms with van der Waals surface area (Å²) < 4.78 is 5.19. The van der Waals surface area contributed by atoms with Crippen LogP contribution in [-0.4, -0.2) is 35.5 Å². The number of aryl methyl sites for hydroxylation is 1. The van der Waals surface area contributed by atoms with E-state index >= 15 is 0 Å². The molecule has 0 saturated carbocycles. The molecule has 0 spiro atoms. The van der Waals surface area contributed by atoms with Crippen LogP contribution >= 0.6 is 0 Å². The quantitative estimate of drug-likeness (QED) is 0.385. The van der Waals surface area contributed by atoms with E-state index in [1.165, 1.54) is 0 Å². The van der Waals surface area contributed by atoms with E-state index in [0.29, 0.717) is 12.8 Å². The molecule has 2 fully saturated rings. The van der Waals surface area contributed by atoms with E-state index in [9.17, 15) is 14.7 Å². The molecule has 0 amide bonds. The van der Waals surface area contributed by atoms with Gasteiger partial charge < -0.3 is 15.2 Å². The maximum Gasteiger partial charge on any atom is 0.346 e. The maximum atomic E-state index is 12.4. The highest BCUT2D eigenvalue weighted by Crippen LogP contribution is 2.26. The second-order valence-corrected chi connectivity index (χ2v) is 6.05. The van der Waals surface area contributed by atoms with Gasteiger partial charge >= 0.3 is 5.97 Å². The number of cyclic esters (lactones) is 1. The Balaban J connectivity index is 1.69. The van der Waals surface area contributed by atoms with Crippen LogP contribution in [0.5, 0.6) is 0 Å².